The van der Waals surface area contributed by atoms with E-state index in [1.54, 1.807) is 0 Å². The molecular formula is C12H27IN4. The fourth-order valence-electron chi connectivity index (χ4n) is 1.90. The fourth-order valence-corrected chi connectivity index (χ4v) is 1.90. The maximum atomic E-state index is 5.83. The molecule has 102 valence electrons. The summed E-state index contributed by atoms with van der Waals surface area (Å²) in [5, 5.41) is 3.18. The van der Waals surface area contributed by atoms with Crippen LogP contribution in [0.15, 0.2) is 4.99 Å². The molecule has 0 aliphatic carbocycles. The van der Waals surface area contributed by atoms with Gasteiger partial charge in [0.2, 0.25) is 0 Å². The molecule has 0 unspecified atom stereocenters. The standard InChI is InChI=1S/C12H26N4.HI/c1-12(2,3)15-11(13)14-9-10-5-7-16(4)8-6-10;/h10H,5-9H2,1-4H3,(H3,13,14,15);1H. The van der Waals surface area contributed by atoms with Gasteiger partial charge in [0, 0.05) is 12.1 Å². The van der Waals surface area contributed by atoms with E-state index in [4.69, 9.17) is 5.73 Å². The summed E-state index contributed by atoms with van der Waals surface area (Å²) >= 11 is 0. The minimum absolute atomic E-state index is 0. The predicted octanol–water partition coefficient (Wildman–Crippen LogP) is 1.65. The summed E-state index contributed by atoms with van der Waals surface area (Å²) < 4.78 is 0. The zero-order chi connectivity index (χ0) is 12.2. The third-order valence-corrected chi connectivity index (χ3v) is 2.86. The maximum absolute atomic E-state index is 5.83. The van der Waals surface area contributed by atoms with Gasteiger partial charge in [-0.3, -0.25) is 4.99 Å². The Morgan fingerprint density at radius 2 is 1.88 bits per heavy atom. The number of halogens is 1. The van der Waals surface area contributed by atoms with Crippen molar-refractivity contribution in [1.29, 1.82) is 0 Å². The first-order valence-electron chi connectivity index (χ1n) is 6.13. The lowest BCUT2D eigenvalue weighted by Gasteiger charge is -2.28. The largest absolute Gasteiger partial charge is 0.370 e. The zero-order valence-electron chi connectivity index (χ0n) is 11.5. The number of nitrogens with two attached hydrogens (primary N) is 1. The van der Waals surface area contributed by atoms with E-state index in [1.807, 2.05) is 0 Å². The average molecular weight is 354 g/mol. The Kier molecular flexibility index (Phi) is 7.39. The van der Waals surface area contributed by atoms with Crippen molar-refractivity contribution < 1.29 is 0 Å². The van der Waals surface area contributed by atoms with Gasteiger partial charge in [-0.15, -0.1) is 24.0 Å². The van der Waals surface area contributed by atoms with Crippen LogP contribution in [-0.2, 0) is 0 Å². The molecule has 4 nitrogen and oxygen atoms in total. The highest BCUT2D eigenvalue weighted by molar-refractivity contribution is 14.0. The summed E-state index contributed by atoms with van der Waals surface area (Å²) in [6.45, 7) is 9.50. The highest BCUT2D eigenvalue weighted by atomic mass is 127. The van der Waals surface area contributed by atoms with Crippen LogP contribution in [0.1, 0.15) is 33.6 Å². The SMILES string of the molecule is CN1CCC(CN=C(N)NC(C)(C)C)CC1.I. The molecule has 1 saturated heterocycles. The Hall–Kier alpha value is -0.0400. The number of guanidine groups is 1. The molecule has 0 amide bonds. The molecule has 1 aliphatic rings. The summed E-state index contributed by atoms with van der Waals surface area (Å²) in [4.78, 5) is 6.80. The Balaban J connectivity index is 0.00000256. The molecule has 0 atom stereocenters. The van der Waals surface area contributed by atoms with E-state index >= 15 is 0 Å². The van der Waals surface area contributed by atoms with Crippen molar-refractivity contribution in [3.63, 3.8) is 0 Å². The smallest absolute Gasteiger partial charge is 0.188 e. The molecule has 17 heavy (non-hydrogen) atoms. The summed E-state index contributed by atoms with van der Waals surface area (Å²) in [6.07, 6.45) is 2.48. The number of hydrogen-bond donors (Lipinski definition) is 2. The second-order valence-corrected chi connectivity index (χ2v) is 5.85. The van der Waals surface area contributed by atoms with Gasteiger partial charge in [-0.1, -0.05) is 0 Å². The average Bonchev–Trinajstić information content (AvgIpc) is 2.14. The predicted molar refractivity (Wildman–Crippen MR) is 85.0 cm³/mol. The van der Waals surface area contributed by atoms with Crippen molar-refractivity contribution in [2.75, 3.05) is 26.7 Å². The van der Waals surface area contributed by atoms with Gasteiger partial charge < -0.3 is 16.0 Å². The summed E-state index contributed by atoms with van der Waals surface area (Å²) in [6, 6.07) is 0. The Morgan fingerprint density at radius 1 is 1.35 bits per heavy atom. The highest BCUT2D eigenvalue weighted by Crippen LogP contribution is 2.15. The van der Waals surface area contributed by atoms with E-state index in [9.17, 15) is 0 Å². The van der Waals surface area contributed by atoms with Crippen molar-refractivity contribution in [3.8, 4) is 0 Å². The summed E-state index contributed by atoms with van der Waals surface area (Å²) in [5.41, 5.74) is 5.83. The third-order valence-electron chi connectivity index (χ3n) is 2.86. The Bertz CT molecular complexity index is 239. The second kappa shape index (κ2) is 7.41. The first-order valence-corrected chi connectivity index (χ1v) is 6.13. The summed E-state index contributed by atoms with van der Waals surface area (Å²) in [7, 11) is 2.18. The molecule has 1 aliphatic heterocycles. The molecule has 0 aromatic carbocycles. The number of nitrogens with zero attached hydrogens (tertiary/aromatic N) is 2. The lowest BCUT2D eigenvalue weighted by molar-refractivity contribution is 0.223. The zero-order valence-corrected chi connectivity index (χ0v) is 13.8. The van der Waals surface area contributed by atoms with E-state index in [-0.39, 0.29) is 29.5 Å². The second-order valence-electron chi connectivity index (χ2n) is 5.85. The summed E-state index contributed by atoms with van der Waals surface area (Å²) in [5.74, 6) is 1.28. The van der Waals surface area contributed by atoms with Crippen molar-refractivity contribution >= 4 is 29.9 Å². The van der Waals surface area contributed by atoms with Crippen LogP contribution in [0.3, 0.4) is 0 Å². The number of hydrogen-bond acceptors (Lipinski definition) is 2. The van der Waals surface area contributed by atoms with Gasteiger partial charge >= 0.3 is 0 Å². The van der Waals surface area contributed by atoms with Gasteiger partial charge in [0.25, 0.3) is 0 Å². The van der Waals surface area contributed by atoms with Crippen LogP contribution >= 0.6 is 24.0 Å². The number of aliphatic imine (C=N–C) groups is 1. The number of likely N-dealkylation sites (tertiary alicyclic amines) is 1. The molecular weight excluding hydrogens is 327 g/mol. The maximum Gasteiger partial charge on any atom is 0.188 e. The number of piperidine rings is 1. The Labute approximate surface area is 122 Å². The quantitative estimate of drug-likeness (QED) is 0.450. The Morgan fingerprint density at radius 3 is 2.35 bits per heavy atom. The molecule has 0 bridgehead atoms. The molecule has 1 fully saturated rings. The lowest BCUT2D eigenvalue weighted by Crippen LogP contribution is -2.45. The molecule has 5 heteroatoms. The van der Waals surface area contributed by atoms with Crippen molar-refractivity contribution in [2.45, 2.75) is 39.2 Å². The van der Waals surface area contributed by atoms with Crippen molar-refractivity contribution in [1.82, 2.24) is 10.2 Å². The number of nitrogens with one attached hydrogen (secondary N) is 1. The van der Waals surface area contributed by atoms with Crippen molar-refractivity contribution in [3.05, 3.63) is 0 Å². The molecule has 0 radical (unpaired) electrons. The van der Waals surface area contributed by atoms with Gasteiger partial charge in [0.1, 0.15) is 0 Å². The minimum atomic E-state index is 0. The normalized spacial score (nSPS) is 19.9. The van der Waals surface area contributed by atoms with E-state index < -0.39 is 0 Å². The lowest BCUT2D eigenvalue weighted by atomic mass is 9.97. The molecule has 0 spiro atoms. The van der Waals surface area contributed by atoms with Gasteiger partial charge in [-0.05, 0) is 59.7 Å². The fraction of sp³-hybridized carbons (Fsp3) is 0.917. The molecule has 1 rings (SSSR count). The molecule has 3 N–H and O–H groups in total. The van der Waals surface area contributed by atoms with Gasteiger partial charge in [0.05, 0.1) is 0 Å². The van der Waals surface area contributed by atoms with Crippen LogP contribution in [0.4, 0.5) is 0 Å². The van der Waals surface area contributed by atoms with Crippen LogP contribution in [0.5, 0.6) is 0 Å². The van der Waals surface area contributed by atoms with Crippen LogP contribution in [0, 0.1) is 5.92 Å². The van der Waals surface area contributed by atoms with Gasteiger partial charge in [0.15, 0.2) is 5.96 Å². The highest BCUT2D eigenvalue weighted by Gasteiger charge is 2.16. The van der Waals surface area contributed by atoms with Crippen LogP contribution in [0.25, 0.3) is 0 Å². The molecule has 0 saturated carbocycles. The van der Waals surface area contributed by atoms with E-state index in [0.29, 0.717) is 11.9 Å². The van der Waals surface area contributed by atoms with Gasteiger partial charge in [-0.2, -0.15) is 0 Å². The van der Waals surface area contributed by atoms with E-state index in [1.165, 1.54) is 25.9 Å². The number of rotatable bonds is 2. The molecule has 1 heterocycles. The first-order chi connectivity index (χ1) is 7.37. The minimum Gasteiger partial charge on any atom is -0.370 e. The van der Waals surface area contributed by atoms with E-state index in [2.05, 4.69) is 43.0 Å². The monoisotopic (exact) mass is 354 g/mol. The topological polar surface area (TPSA) is 53.6 Å². The first kappa shape index (κ1) is 17.0. The van der Waals surface area contributed by atoms with E-state index in [0.717, 1.165) is 6.54 Å². The molecule has 0 aromatic heterocycles. The third kappa shape index (κ3) is 7.81. The van der Waals surface area contributed by atoms with Crippen LogP contribution in [-0.4, -0.2) is 43.1 Å². The van der Waals surface area contributed by atoms with Crippen LogP contribution in [0.2, 0.25) is 0 Å². The van der Waals surface area contributed by atoms with Crippen molar-refractivity contribution in [2.24, 2.45) is 16.6 Å². The van der Waals surface area contributed by atoms with Gasteiger partial charge in [-0.25, -0.2) is 0 Å². The molecule has 0 aromatic rings. The van der Waals surface area contributed by atoms with Crippen LogP contribution < -0.4 is 11.1 Å².